The summed E-state index contributed by atoms with van der Waals surface area (Å²) < 4.78 is 0. The quantitative estimate of drug-likeness (QED) is 0.554. The van der Waals surface area contributed by atoms with Crippen LogP contribution < -0.4 is 5.32 Å². The molecule has 3 heteroatoms. The Morgan fingerprint density at radius 3 is 2.80 bits per heavy atom. The maximum Gasteiger partial charge on any atom is 0.254 e. The molecule has 1 aliphatic heterocycles. The molecule has 0 aromatic rings. The minimum atomic E-state index is 0.0406. The second kappa shape index (κ2) is 5.51. The van der Waals surface area contributed by atoms with Crippen molar-refractivity contribution in [3.05, 3.63) is 37.0 Å². The fourth-order valence-electron chi connectivity index (χ4n) is 1.66. The summed E-state index contributed by atoms with van der Waals surface area (Å²) >= 11 is 0. The summed E-state index contributed by atoms with van der Waals surface area (Å²) in [4.78, 5) is 13.9. The number of allylic oxidation sites excluding steroid dienone is 2. The number of rotatable bonds is 3. The average molecular weight is 206 g/mol. The van der Waals surface area contributed by atoms with Gasteiger partial charge in [-0.05, 0) is 6.92 Å². The third-order valence-electron chi connectivity index (χ3n) is 2.53. The van der Waals surface area contributed by atoms with Crippen LogP contribution in [-0.4, -0.2) is 36.5 Å². The van der Waals surface area contributed by atoms with Gasteiger partial charge in [0.05, 0.1) is 0 Å². The summed E-state index contributed by atoms with van der Waals surface area (Å²) in [6.45, 7) is 11.7. The van der Waals surface area contributed by atoms with Gasteiger partial charge in [-0.15, -0.1) is 0 Å². The van der Waals surface area contributed by atoms with Gasteiger partial charge in [-0.2, -0.15) is 0 Å². The molecule has 82 valence electrons. The Morgan fingerprint density at radius 1 is 1.53 bits per heavy atom. The number of hydrogen-bond donors (Lipinski definition) is 1. The van der Waals surface area contributed by atoms with Crippen molar-refractivity contribution in [2.45, 2.75) is 13.0 Å². The molecule has 15 heavy (non-hydrogen) atoms. The van der Waals surface area contributed by atoms with Crippen LogP contribution in [0.1, 0.15) is 6.92 Å². The summed E-state index contributed by atoms with van der Waals surface area (Å²) in [7, 11) is 0. The first-order valence-electron chi connectivity index (χ1n) is 5.17. The highest BCUT2D eigenvalue weighted by Crippen LogP contribution is 2.09. The lowest BCUT2D eigenvalue weighted by atomic mass is 10.1. The van der Waals surface area contributed by atoms with Crippen molar-refractivity contribution < 1.29 is 4.79 Å². The number of carbonyl (C=O) groups is 1. The predicted octanol–water partition coefficient (Wildman–Crippen LogP) is 1.11. The van der Waals surface area contributed by atoms with Crippen LogP contribution >= 0.6 is 0 Å². The summed E-state index contributed by atoms with van der Waals surface area (Å²) in [5, 5.41) is 3.25. The molecular weight excluding hydrogens is 188 g/mol. The molecular formula is C12H18N2O. The van der Waals surface area contributed by atoms with E-state index in [-0.39, 0.29) is 11.9 Å². The zero-order valence-corrected chi connectivity index (χ0v) is 9.20. The van der Waals surface area contributed by atoms with E-state index in [4.69, 9.17) is 0 Å². The fourth-order valence-corrected chi connectivity index (χ4v) is 1.66. The summed E-state index contributed by atoms with van der Waals surface area (Å²) in [6, 6.07) is 0.236. The molecule has 1 saturated heterocycles. The molecule has 1 fully saturated rings. The number of nitrogens with one attached hydrogen (secondary N) is 1. The highest BCUT2D eigenvalue weighted by molar-refractivity contribution is 5.96. The first kappa shape index (κ1) is 11.7. The van der Waals surface area contributed by atoms with Crippen LogP contribution in [-0.2, 0) is 4.79 Å². The second-order valence-corrected chi connectivity index (χ2v) is 3.61. The third-order valence-corrected chi connectivity index (χ3v) is 2.53. The normalized spacial score (nSPS) is 22.3. The van der Waals surface area contributed by atoms with Crippen molar-refractivity contribution in [2.24, 2.45) is 0 Å². The van der Waals surface area contributed by atoms with Crippen LogP contribution in [0.15, 0.2) is 37.0 Å². The van der Waals surface area contributed by atoms with Gasteiger partial charge in [0.25, 0.3) is 5.91 Å². The Bertz CT molecular complexity index is 294. The first-order chi connectivity index (χ1) is 7.20. The zero-order valence-electron chi connectivity index (χ0n) is 9.20. The van der Waals surface area contributed by atoms with Crippen molar-refractivity contribution in [3.63, 3.8) is 0 Å². The van der Waals surface area contributed by atoms with Crippen molar-refractivity contribution in [3.8, 4) is 0 Å². The van der Waals surface area contributed by atoms with E-state index in [0.29, 0.717) is 5.57 Å². The summed E-state index contributed by atoms with van der Waals surface area (Å²) in [6.07, 6.45) is 4.89. The van der Waals surface area contributed by atoms with E-state index in [1.54, 1.807) is 18.2 Å². The van der Waals surface area contributed by atoms with E-state index >= 15 is 0 Å². The highest BCUT2D eigenvalue weighted by Gasteiger charge is 2.23. The van der Waals surface area contributed by atoms with Crippen molar-refractivity contribution in [2.75, 3.05) is 19.6 Å². The van der Waals surface area contributed by atoms with Gasteiger partial charge in [-0.25, -0.2) is 0 Å². The molecule has 1 amide bonds. The van der Waals surface area contributed by atoms with Crippen LogP contribution in [0.25, 0.3) is 0 Å². The zero-order chi connectivity index (χ0) is 11.3. The smallest absolute Gasteiger partial charge is 0.254 e. The number of amides is 1. The average Bonchev–Trinajstić information content (AvgIpc) is 2.25. The van der Waals surface area contributed by atoms with Crippen LogP contribution in [0, 0.1) is 0 Å². The maximum atomic E-state index is 12.0. The van der Waals surface area contributed by atoms with E-state index in [2.05, 4.69) is 18.5 Å². The topological polar surface area (TPSA) is 32.3 Å². The lowest BCUT2D eigenvalue weighted by Gasteiger charge is -2.34. The summed E-state index contributed by atoms with van der Waals surface area (Å²) in [5.41, 5.74) is 0.610. The number of nitrogens with zero attached hydrogens (tertiary/aromatic N) is 1. The Labute approximate surface area is 91.2 Å². The molecule has 1 atom stereocenters. The second-order valence-electron chi connectivity index (χ2n) is 3.61. The molecule has 0 radical (unpaired) electrons. The van der Waals surface area contributed by atoms with Crippen LogP contribution in [0.2, 0.25) is 0 Å². The maximum absolute atomic E-state index is 12.0. The van der Waals surface area contributed by atoms with Gasteiger partial charge < -0.3 is 10.2 Å². The van der Waals surface area contributed by atoms with Gasteiger partial charge in [0.2, 0.25) is 0 Å². The Hall–Kier alpha value is -1.35. The first-order valence-corrected chi connectivity index (χ1v) is 5.17. The van der Waals surface area contributed by atoms with E-state index in [1.807, 2.05) is 11.8 Å². The standard InChI is InChI=1S/C12H18N2O/c1-4-6-11(5-2)12(15)14-8-7-13-9-10(14)3/h4-6,10,13H,1-2,7-9H2,3H3/b11-6+. The number of piperazine rings is 1. The van der Waals surface area contributed by atoms with Crippen LogP contribution in [0.4, 0.5) is 0 Å². The SMILES string of the molecule is C=C/C=C(\C=C)C(=O)N1CCNCC1C. The predicted molar refractivity (Wildman–Crippen MR) is 62.5 cm³/mol. The van der Waals surface area contributed by atoms with Gasteiger partial charge >= 0.3 is 0 Å². The van der Waals surface area contributed by atoms with Crippen LogP contribution in [0.5, 0.6) is 0 Å². The molecule has 0 aromatic carbocycles. The lowest BCUT2D eigenvalue weighted by molar-refractivity contribution is -0.129. The van der Waals surface area contributed by atoms with Crippen molar-refractivity contribution in [1.82, 2.24) is 10.2 Å². The highest BCUT2D eigenvalue weighted by atomic mass is 16.2. The van der Waals surface area contributed by atoms with Crippen LogP contribution in [0.3, 0.4) is 0 Å². The van der Waals surface area contributed by atoms with Gasteiger partial charge in [0.1, 0.15) is 0 Å². The largest absolute Gasteiger partial charge is 0.333 e. The van der Waals surface area contributed by atoms with E-state index in [0.717, 1.165) is 19.6 Å². The minimum absolute atomic E-state index is 0.0406. The van der Waals surface area contributed by atoms with Crippen molar-refractivity contribution in [1.29, 1.82) is 0 Å². The van der Waals surface area contributed by atoms with E-state index < -0.39 is 0 Å². The molecule has 0 spiro atoms. The number of hydrogen-bond acceptors (Lipinski definition) is 2. The molecule has 0 bridgehead atoms. The lowest BCUT2D eigenvalue weighted by Crippen LogP contribution is -2.52. The fraction of sp³-hybridized carbons (Fsp3) is 0.417. The van der Waals surface area contributed by atoms with E-state index in [9.17, 15) is 4.79 Å². The van der Waals surface area contributed by atoms with Gasteiger partial charge in [0, 0.05) is 31.2 Å². The van der Waals surface area contributed by atoms with Gasteiger partial charge in [-0.3, -0.25) is 4.79 Å². The molecule has 1 heterocycles. The molecule has 0 aromatic heterocycles. The third kappa shape index (κ3) is 2.80. The molecule has 3 nitrogen and oxygen atoms in total. The monoisotopic (exact) mass is 206 g/mol. The van der Waals surface area contributed by atoms with Gasteiger partial charge in [0.15, 0.2) is 0 Å². The Kier molecular flexibility index (Phi) is 4.31. The summed E-state index contributed by atoms with van der Waals surface area (Å²) in [5.74, 6) is 0.0406. The minimum Gasteiger partial charge on any atom is -0.333 e. The molecule has 1 aliphatic rings. The van der Waals surface area contributed by atoms with E-state index in [1.165, 1.54) is 0 Å². The molecule has 0 saturated carbocycles. The molecule has 1 N–H and O–H groups in total. The Morgan fingerprint density at radius 2 is 2.27 bits per heavy atom. The van der Waals surface area contributed by atoms with Crippen molar-refractivity contribution >= 4 is 5.91 Å². The van der Waals surface area contributed by atoms with Gasteiger partial charge in [-0.1, -0.05) is 31.4 Å². The Balaban J connectivity index is 2.77. The molecule has 0 aliphatic carbocycles. The molecule has 1 unspecified atom stereocenters. The number of carbonyl (C=O) groups excluding carboxylic acids is 1. The molecule has 1 rings (SSSR count).